The summed E-state index contributed by atoms with van der Waals surface area (Å²) in [4.78, 5) is 11.8. The van der Waals surface area contributed by atoms with Crippen molar-refractivity contribution in [2.75, 3.05) is 0 Å². The third-order valence-electron chi connectivity index (χ3n) is 3.72. The maximum atomic E-state index is 11.8. The molecule has 2 heteroatoms. The minimum atomic E-state index is 0.308. The summed E-state index contributed by atoms with van der Waals surface area (Å²) in [6, 6.07) is 8.02. The van der Waals surface area contributed by atoms with Crippen molar-refractivity contribution in [2.45, 2.75) is 32.1 Å². The fourth-order valence-electron chi connectivity index (χ4n) is 2.57. The van der Waals surface area contributed by atoms with E-state index in [0.29, 0.717) is 24.0 Å². The zero-order valence-corrected chi connectivity index (χ0v) is 11.3. The number of hydrogen-bond acceptors (Lipinski definition) is 1. The second kappa shape index (κ2) is 6.19. The van der Waals surface area contributed by atoms with Gasteiger partial charge in [0.2, 0.25) is 0 Å². The molecule has 18 heavy (non-hydrogen) atoms. The number of rotatable bonds is 6. The predicted molar refractivity (Wildman–Crippen MR) is 75.8 cm³/mol. The number of Topliss-reactive ketones (excluding diaryl/α,β-unsaturated/α-hetero) is 1. The molecule has 0 radical (unpaired) electrons. The molecule has 0 spiro atoms. The van der Waals surface area contributed by atoms with Crippen LogP contribution in [0.25, 0.3) is 0 Å². The Morgan fingerprint density at radius 3 is 2.61 bits per heavy atom. The first-order valence-corrected chi connectivity index (χ1v) is 6.95. The fraction of sp³-hybridized carbons (Fsp3) is 0.438. The first-order valence-electron chi connectivity index (χ1n) is 6.57. The Labute approximate surface area is 114 Å². The minimum Gasteiger partial charge on any atom is -0.299 e. The summed E-state index contributed by atoms with van der Waals surface area (Å²) >= 11 is 5.86. The van der Waals surface area contributed by atoms with Crippen molar-refractivity contribution in [1.29, 1.82) is 0 Å². The molecular weight excluding hydrogens is 244 g/mol. The topological polar surface area (TPSA) is 17.1 Å². The molecule has 0 saturated heterocycles. The molecule has 1 aromatic rings. The van der Waals surface area contributed by atoms with E-state index in [1.165, 1.54) is 5.56 Å². The van der Waals surface area contributed by atoms with E-state index in [-0.39, 0.29) is 0 Å². The Hall–Kier alpha value is -1.08. The molecule has 0 amide bonds. The molecule has 1 saturated carbocycles. The van der Waals surface area contributed by atoms with Gasteiger partial charge in [0, 0.05) is 17.4 Å². The number of hydrogen-bond donors (Lipinski definition) is 0. The zero-order chi connectivity index (χ0) is 13.0. The highest BCUT2D eigenvalue weighted by atomic mass is 35.5. The molecule has 0 bridgehead atoms. The number of carbonyl (C=O) groups is 1. The Balaban J connectivity index is 1.74. The van der Waals surface area contributed by atoms with Crippen LogP contribution < -0.4 is 0 Å². The lowest BCUT2D eigenvalue weighted by atomic mass is 9.69. The Kier molecular flexibility index (Phi) is 4.60. The molecule has 0 aromatic heterocycles. The molecule has 2 rings (SSSR count). The molecule has 1 aliphatic carbocycles. The van der Waals surface area contributed by atoms with Gasteiger partial charge in [0.1, 0.15) is 5.78 Å². The Bertz CT molecular complexity index is 415. The highest BCUT2D eigenvalue weighted by molar-refractivity contribution is 6.30. The summed E-state index contributed by atoms with van der Waals surface area (Å²) in [6.45, 7) is 3.65. The molecule has 0 aliphatic heterocycles. The van der Waals surface area contributed by atoms with Crippen LogP contribution in [0.15, 0.2) is 36.9 Å². The van der Waals surface area contributed by atoms with Gasteiger partial charge in [-0.25, -0.2) is 0 Å². The van der Waals surface area contributed by atoms with E-state index in [2.05, 4.69) is 18.7 Å². The van der Waals surface area contributed by atoms with Gasteiger partial charge in [-0.05, 0) is 49.3 Å². The maximum absolute atomic E-state index is 11.8. The van der Waals surface area contributed by atoms with Crippen LogP contribution in [0.3, 0.4) is 0 Å². The second-order valence-corrected chi connectivity index (χ2v) is 5.60. The van der Waals surface area contributed by atoms with Crippen LogP contribution in [-0.2, 0) is 11.2 Å². The molecule has 1 nitrogen and oxygen atoms in total. The third-order valence-corrected chi connectivity index (χ3v) is 3.98. The van der Waals surface area contributed by atoms with Crippen molar-refractivity contribution in [1.82, 2.24) is 0 Å². The molecule has 1 aromatic carbocycles. The molecule has 1 aliphatic rings. The predicted octanol–water partition coefficient (Wildman–Crippen LogP) is 4.44. The van der Waals surface area contributed by atoms with Crippen molar-refractivity contribution in [2.24, 2.45) is 11.8 Å². The summed E-state index contributed by atoms with van der Waals surface area (Å²) in [7, 11) is 0. The van der Waals surface area contributed by atoms with Crippen LogP contribution in [-0.4, -0.2) is 5.78 Å². The molecule has 96 valence electrons. The third kappa shape index (κ3) is 3.46. The highest BCUT2D eigenvalue weighted by Crippen LogP contribution is 2.37. The molecule has 0 heterocycles. The van der Waals surface area contributed by atoms with Gasteiger partial charge in [-0.2, -0.15) is 0 Å². The van der Waals surface area contributed by atoms with E-state index in [0.717, 1.165) is 30.7 Å². The van der Waals surface area contributed by atoms with E-state index in [1.54, 1.807) is 0 Å². The van der Waals surface area contributed by atoms with E-state index < -0.39 is 0 Å². The number of ketones is 1. The van der Waals surface area contributed by atoms with Crippen LogP contribution in [0.2, 0.25) is 5.02 Å². The van der Waals surface area contributed by atoms with Gasteiger partial charge in [0.25, 0.3) is 0 Å². The molecule has 0 unspecified atom stereocenters. The number of halogens is 1. The van der Waals surface area contributed by atoms with Crippen LogP contribution in [0.4, 0.5) is 0 Å². The zero-order valence-electron chi connectivity index (χ0n) is 10.6. The van der Waals surface area contributed by atoms with Gasteiger partial charge in [0.05, 0.1) is 0 Å². The molecule has 1 fully saturated rings. The van der Waals surface area contributed by atoms with Crippen LogP contribution in [0.1, 0.15) is 31.2 Å². The number of benzene rings is 1. The molecule has 0 N–H and O–H groups in total. The summed E-state index contributed by atoms with van der Waals surface area (Å²) in [5.74, 6) is 1.40. The van der Waals surface area contributed by atoms with E-state index in [9.17, 15) is 4.79 Å². The summed E-state index contributed by atoms with van der Waals surface area (Å²) in [6.07, 6.45) is 6.49. The Morgan fingerprint density at radius 1 is 1.33 bits per heavy atom. The van der Waals surface area contributed by atoms with Gasteiger partial charge in [-0.1, -0.05) is 29.8 Å². The lowest BCUT2D eigenvalue weighted by molar-refractivity contribution is -0.126. The van der Waals surface area contributed by atoms with E-state index >= 15 is 0 Å². The first-order chi connectivity index (χ1) is 8.69. The van der Waals surface area contributed by atoms with Crippen molar-refractivity contribution in [3.63, 3.8) is 0 Å². The maximum Gasteiger partial charge on any atom is 0.136 e. The van der Waals surface area contributed by atoms with Gasteiger partial charge in [-0.3, -0.25) is 4.79 Å². The average molecular weight is 263 g/mol. The van der Waals surface area contributed by atoms with Crippen molar-refractivity contribution < 1.29 is 4.79 Å². The minimum absolute atomic E-state index is 0.308. The highest BCUT2D eigenvalue weighted by Gasteiger charge is 2.33. The fourth-order valence-corrected chi connectivity index (χ4v) is 2.69. The lowest BCUT2D eigenvalue weighted by Gasteiger charge is -2.34. The average Bonchev–Trinajstić information content (AvgIpc) is 2.32. The monoisotopic (exact) mass is 262 g/mol. The van der Waals surface area contributed by atoms with Crippen LogP contribution >= 0.6 is 11.6 Å². The number of carbonyl (C=O) groups excluding carboxylic acids is 1. The van der Waals surface area contributed by atoms with Crippen molar-refractivity contribution in [3.05, 3.63) is 47.5 Å². The Morgan fingerprint density at radius 2 is 2.00 bits per heavy atom. The largest absolute Gasteiger partial charge is 0.299 e. The smallest absolute Gasteiger partial charge is 0.136 e. The van der Waals surface area contributed by atoms with Crippen LogP contribution in [0.5, 0.6) is 0 Å². The molecule has 0 atom stereocenters. The number of allylic oxidation sites excluding steroid dienone is 1. The van der Waals surface area contributed by atoms with Crippen molar-refractivity contribution >= 4 is 17.4 Å². The van der Waals surface area contributed by atoms with Gasteiger partial charge in [0.15, 0.2) is 0 Å². The van der Waals surface area contributed by atoms with E-state index in [4.69, 9.17) is 11.6 Å². The molecular formula is C16H19ClO. The quantitative estimate of drug-likeness (QED) is 0.693. The van der Waals surface area contributed by atoms with Crippen LogP contribution in [0, 0.1) is 11.8 Å². The van der Waals surface area contributed by atoms with Gasteiger partial charge >= 0.3 is 0 Å². The summed E-state index contributed by atoms with van der Waals surface area (Å²) < 4.78 is 0. The SMILES string of the molecule is C=CCCC(=O)C1CC(Cc2ccc(Cl)cc2)C1. The second-order valence-electron chi connectivity index (χ2n) is 5.16. The van der Waals surface area contributed by atoms with E-state index in [1.807, 2.05) is 18.2 Å². The van der Waals surface area contributed by atoms with Gasteiger partial charge in [-0.15, -0.1) is 6.58 Å². The van der Waals surface area contributed by atoms with Crippen molar-refractivity contribution in [3.8, 4) is 0 Å². The standard InChI is InChI=1S/C16H19ClO/c1-2-3-4-16(18)14-10-13(11-14)9-12-5-7-15(17)8-6-12/h2,5-8,13-14H,1,3-4,9-11H2. The van der Waals surface area contributed by atoms with Gasteiger partial charge < -0.3 is 0 Å². The summed E-state index contributed by atoms with van der Waals surface area (Å²) in [5.41, 5.74) is 1.32. The lowest BCUT2D eigenvalue weighted by Crippen LogP contribution is -2.31. The first kappa shape index (κ1) is 13.4. The normalized spacial score (nSPS) is 22.3. The summed E-state index contributed by atoms with van der Waals surface area (Å²) in [5, 5.41) is 0.782.